The van der Waals surface area contributed by atoms with Crippen LogP contribution in [0.2, 0.25) is 0 Å². The third-order valence-electron chi connectivity index (χ3n) is 5.07. The fourth-order valence-electron chi connectivity index (χ4n) is 3.26. The van der Waals surface area contributed by atoms with Crippen LogP contribution in [0.1, 0.15) is 25.0 Å². The van der Waals surface area contributed by atoms with E-state index in [9.17, 15) is 28.1 Å². The third-order valence-corrected chi connectivity index (χ3v) is 6.19. The Bertz CT molecular complexity index is 1120. The lowest BCUT2D eigenvalue weighted by molar-refractivity contribution is -0.384. The molecule has 0 aliphatic heterocycles. The number of nitro groups is 1. The molecular formula is C22H28N4O6S. The summed E-state index contributed by atoms with van der Waals surface area (Å²) in [6, 6.07) is 11.9. The molecule has 0 saturated carbocycles. The molecule has 1 N–H and O–H groups in total. The van der Waals surface area contributed by atoms with Crippen LogP contribution in [0.5, 0.6) is 0 Å². The number of carbonyl (C=O) groups excluding carboxylic acids is 2. The highest BCUT2D eigenvalue weighted by Gasteiger charge is 2.31. The highest BCUT2D eigenvalue weighted by molar-refractivity contribution is 7.92. The van der Waals surface area contributed by atoms with Gasteiger partial charge >= 0.3 is 0 Å². The minimum absolute atomic E-state index is 0.0328. The number of sulfonamides is 1. The van der Waals surface area contributed by atoms with Crippen LogP contribution in [0.3, 0.4) is 0 Å². The first-order valence-electron chi connectivity index (χ1n) is 10.3. The van der Waals surface area contributed by atoms with Gasteiger partial charge in [0.2, 0.25) is 21.8 Å². The van der Waals surface area contributed by atoms with Crippen LogP contribution in [-0.4, -0.2) is 55.4 Å². The topological polar surface area (TPSA) is 130 Å². The average molecular weight is 477 g/mol. The van der Waals surface area contributed by atoms with Gasteiger partial charge in [-0.25, -0.2) is 8.42 Å². The molecule has 2 aromatic carbocycles. The number of aryl methyl sites for hydroxylation is 1. The van der Waals surface area contributed by atoms with E-state index in [4.69, 9.17) is 0 Å². The molecule has 0 bridgehead atoms. The molecule has 0 radical (unpaired) electrons. The van der Waals surface area contributed by atoms with Crippen LogP contribution in [0.4, 0.5) is 11.4 Å². The SMILES string of the molecule is CCNC(=O)[C@@H](C)N(Cc1ccccc1)C(=O)CN(c1cc([N+](=O)[O-])ccc1C)S(C)(=O)=O. The van der Waals surface area contributed by atoms with Crippen LogP contribution in [0.15, 0.2) is 48.5 Å². The second-order valence-corrected chi connectivity index (χ2v) is 9.48. The van der Waals surface area contributed by atoms with Crippen LogP contribution in [0.25, 0.3) is 0 Å². The van der Waals surface area contributed by atoms with E-state index in [1.54, 1.807) is 45.0 Å². The quantitative estimate of drug-likeness (QED) is 0.413. The van der Waals surface area contributed by atoms with Crippen molar-refractivity contribution in [2.75, 3.05) is 23.7 Å². The second kappa shape index (κ2) is 10.9. The molecule has 2 aromatic rings. The first-order valence-corrected chi connectivity index (χ1v) is 12.1. The predicted octanol–water partition coefficient (Wildman–Crippen LogP) is 2.22. The summed E-state index contributed by atoms with van der Waals surface area (Å²) in [6.45, 7) is 4.76. The van der Waals surface area contributed by atoms with Crippen molar-refractivity contribution in [3.63, 3.8) is 0 Å². The van der Waals surface area contributed by atoms with Crippen LogP contribution < -0.4 is 9.62 Å². The number of amides is 2. The number of nitrogens with zero attached hydrogens (tertiary/aromatic N) is 3. The molecule has 2 amide bonds. The number of benzene rings is 2. The lowest BCUT2D eigenvalue weighted by Gasteiger charge is -2.31. The molecule has 0 aliphatic carbocycles. The van der Waals surface area contributed by atoms with E-state index in [1.807, 2.05) is 6.07 Å². The van der Waals surface area contributed by atoms with E-state index >= 15 is 0 Å². The highest BCUT2D eigenvalue weighted by atomic mass is 32.2. The first-order chi connectivity index (χ1) is 15.5. The normalized spacial score (nSPS) is 12.0. The zero-order valence-electron chi connectivity index (χ0n) is 19.0. The Morgan fingerprint density at radius 2 is 1.79 bits per heavy atom. The van der Waals surface area contributed by atoms with Gasteiger partial charge in [-0.2, -0.15) is 0 Å². The molecule has 0 aromatic heterocycles. The van der Waals surface area contributed by atoms with Crippen LogP contribution in [-0.2, 0) is 26.2 Å². The minimum Gasteiger partial charge on any atom is -0.355 e. The maximum Gasteiger partial charge on any atom is 0.271 e. The number of non-ortho nitro benzene ring substituents is 1. The van der Waals surface area contributed by atoms with E-state index in [0.717, 1.165) is 22.2 Å². The third kappa shape index (κ3) is 6.75. The van der Waals surface area contributed by atoms with Gasteiger partial charge in [-0.3, -0.25) is 24.0 Å². The summed E-state index contributed by atoms with van der Waals surface area (Å²) in [5.41, 5.74) is 0.948. The Hall–Kier alpha value is -3.47. The molecule has 0 fully saturated rings. The van der Waals surface area contributed by atoms with Crippen molar-refractivity contribution >= 4 is 33.2 Å². The minimum atomic E-state index is -3.98. The Balaban J connectivity index is 2.46. The maximum absolute atomic E-state index is 13.4. The summed E-state index contributed by atoms with van der Waals surface area (Å²) >= 11 is 0. The molecule has 10 nitrogen and oxygen atoms in total. The molecule has 2 rings (SSSR count). The van der Waals surface area contributed by atoms with Gasteiger partial charge in [0.1, 0.15) is 12.6 Å². The molecule has 1 atom stereocenters. The molecule has 178 valence electrons. The molecule has 0 unspecified atom stereocenters. The number of anilines is 1. The molecule has 11 heteroatoms. The average Bonchev–Trinajstić information content (AvgIpc) is 2.75. The van der Waals surface area contributed by atoms with Gasteiger partial charge in [-0.15, -0.1) is 0 Å². The Morgan fingerprint density at radius 3 is 2.33 bits per heavy atom. The molecule has 0 saturated heterocycles. The van der Waals surface area contributed by atoms with Gasteiger partial charge in [0.25, 0.3) is 5.69 Å². The summed E-state index contributed by atoms with van der Waals surface area (Å²) in [5, 5.41) is 13.9. The Labute approximate surface area is 193 Å². The van der Waals surface area contributed by atoms with Gasteiger partial charge in [-0.1, -0.05) is 36.4 Å². The Kier molecular flexibility index (Phi) is 8.52. The second-order valence-electron chi connectivity index (χ2n) is 7.58. The number of nitro benzene ring substituents is 1. The smallest absolute Gasteiger partial charge is 0.271 e. The monoisotopic (exact) mass is 476 g/mol. The van der Waals surface area contributed by atoms with Crippen molar-refractivity contribution in [2.24, 2.45) is 0 Å². The molecule has 33 heavy (non-hydrogen) atoms. The zero-order chi connectivity index (χ0) is 24.8. The van der Waals surface area contributed by atoms with Gasteiger partial charge in [0, 0.05) is 25.2 Å². The number of rotatable bonds is 10. The van der Waals surface area contributed by atoms with Gasteiger partial charge < -0.3 is 10.2 Å². The van der Waals surface area contributed by atoms with Crippen molar-refractivity contribution in [2.45, 2.75) is 33.4 Å². The van der Waals surface area contributed by atoms with E-state index in [1.165, 1.54) is 17.0 Å². The number of hydrogen-bond acceptors (Lipinski definition) is 6. The summed E-state index contributed by atoms with van der Waals surface area (Å²) in [7, 11) is -3.98. The summed E-state index contributed by atoms with van der Waals surface area (Å²) in [6.07, 6.45) is 0.924. The lowest BCUT2D eigenvalue weighted by atomic mass is 10.1. The summed E-state index contributed by atoms with van der Waals surface area (Å²) in [5.74, 6) is -0.992. The van der Waals surface area contributed by atoms with E-state index in [-0.39, 0.29) is 23.8 Å². The maximum atomic E-state index is 13.4. The largest absolute Gasteiger partial charge is 0.355 e. The Morgan fingerprint density at radius 1 is 1.15 bits per heavy atom. The fraction of sp³-hybridized carbons (Fsp3) is 0.364. The van der Waals surface area contributed by atoms with Crippen molar-refractivity contribution < 1.29 is 22.9 Å². The summed E-state index contributed by atoms with van der Waals surface area (Å²) < 4.78 is 26.0. The van der Waals surface area contributed by atoms with Gasteiger partial charge in [0.05, 0.1) is 16.9 Å². The van der Waals surface area contributed by atoms with Gasteiger partial charge in [0.15, 0.2) is 0 Å². The molecule has 0 aliphatic rings. The molecular weight excluding hydrogens is 448 g/mol. The fourth-order valence-corrected chi connectivity index (χ4v) is 4.16. The number of likely N-dealkylation sites (N-methyl/N-ethyl adjacent to an activating group) is 1. The predicted molar refractivity (Wildman–Crippen MR) is 125 cm³/mol. The van der Waals surface area contributed by atoms with Crippen LogP contribution >= 0.6 is 0 Å². The number of hydrogen-bond donors (Lipinski definition) is 1. The number of nitrogens with one attached hydrogen (secondary N) is 1. The lowest BCUT2D eigenvalue weighted by Crippen LogP contribution is -2.51. The van der Waals surface area contributed by atoms with Crippen LogP contribution in [0, 0.1) is 17.0 Å². The number of carbonyl (C=O) groups is 2. The van der Waals surface area contributed by atoms with E-state index < -0.39 is 33.4 Å². The van der Waals surface area contributed by atoms with Crippen molar-refractivity contribution in [1.29, 1.82) is 0 Å². The highest BCUT2D eigenvalue weighted by Crippen LogP contribution is 2.27. The van der Waals surface area contributed by atoms with Crippen molar-refractivity contribution in [3.05, 3.63) is 69.8 Å². The van der Waals surface area contributed by atoms with E-state index in [2.05, 4.69) is 5.32 Å². The first kappa shape index (κ1) is 25.8. The van der Waals surface area contributed by atoms with Gasteiger partial charge in [-0.05, 0) is 31.9 Å². The standard InChI is InChI=1S/C22H28N4O6S/c1-5-23-22(28)17(3)24(14-18-9-7-6-8-10-18)21(27)15-25(33(4,31)32)20-13-19(26(29)30)12-11-16(20)2/h6-13,17H,5,14-15H2,1-4H3,(H,23,28)/t17-/m1/s1. The summed E-state index contributed by atoms with van der Waals surface area (Å²) in [4.78, 5) is 37.7. The van der Waals surface area contributed by atoms with Crippen molar-refractivity contribution in [1.82, 2.24) is 10.2 Å². The zero-order valence-corrected chi connectivity index (χ0v) is 19.8. The molecule has 0 spiro atoms. The molecule has 0 heterocycles. The van der Waals surface area contributed by atoms with E-state index in [0.29, 0.717) is 12.1 Å². The van der Waals surface area contributed by atoms with Crippen molar-refractivity contribution in [3.8, 4) is 0 Å².